The lowest BCUT2D eigenvalue weighted by atomic mass is 10.1. The molecule has 6 heteroatoms. The van der Waals surface area contributed by atoms with Crippen molar-refractivity contribution in [2.45, 2.75) is 31.8 Å². The summed E-state index contributed by atoms with van der Waals surface area (Å²) in [7, 11) is 0. The number of carbonyl (C=O) groups is 1. The average molecular weight is 221 g/mol. The molecule has 16 heavy (non-hydrogen) atoms. The van der Waals surface area contributed by atoms with Crippen molar-refractivity contribution in [3.63, 3.8) is 0 Å². The summed E-state index contributed by atoms with van der Waals surface area (Å²) >= 11 is 0. The van der Waals surface area contributed by atoms with E-state index < -0.39 is 0 Å². The molecule has 2 aliphatic rings. The van der Waals surface area contributed by atoms with Crippen LogP contribution in [0.25, 0.3) is 0 Å². The quantitative estimate of drug-likeness (QED) is 0.754. The third-order valence-corrected chi connectivity index (χ3v) is 3.58. The Morgan fingerprint density at radius 3 is 3.00 bits per heavy atom. The average Bonchev–Trinajstić information content (AvgIpc) is 2.93. The molecular formula is C10H15N5O. The standard InChI is InChI=1S/C10H15N5O/c11-10-12-6-14(13-10)5-9(16)15-4-7-1-2-8(15)3-7/h6-8H,1-5H2,(H2,11,13). The molecule has 2 N–H and O–H groups in total. The molecule has 1 saturated heterocycles. The van der Waals surface area contributed by atoms with E-state index in [2.05, 4.69) is 10.1 Å². The number of rotatable bonds is 2. The third-order valence-electron chi connectivity index (χ3n) is 3.58. The molecule has 86 valence electrons. The molecule has 0 aromatic carbocycles. The van der Waals surface area contributed by atoms with Gasteiger partial charge in [-0.2, -0.15) is 0 Å². The summed E-state index contributed by atoms with van der Waals surface area (Å²) in [4.78, 5) is 17.8. The van der Waals surface area contributed by atoms with Gasteiger partial charge in [0.1, 0.15) is 12.9 Å². The number of nitrogens with two attached hydrogens (primary N) is 1. The third kappa shape index (κ3) is 1.54. The molecule has 1 saturated carbocycles. The van der Waals surface area contributed by atoms with E-state index in [1.165, 1.54) is 23.9 Å². The molecule has 6 nitrogen and oxygen atoms in total. The number of nitrogen functional groups attached to an aromatic ring is 1. The van der Waals surface area contributed by atoms with Crippen LogP contribution in [0.2, 0.25) is 0 Å². The Bertz CT molecular complexity index is 415. The van der Waals surface area contributed by atoms with Gasteiger partial charge in [-0.1, -0.05) is 0 Å². The molecule has 2 atom stereocenters. The summed E-state index contributed by atoms with van der Waals surface area (Å²) in [5.74, 6) is 1.09. The number of fused-ring (bicyclic) bond motifs is 2. The summed E-state index contributed by atoms with van der Waals surface area (Å²) in [5.41, 5.74) is 5.40. The molecule has 1 amide bonds. The lowest BCUT2D eigenvalue weighted by molar-refractivity contribution is -0.133. The molecule has 2 unspecified atom stereocenters. The van der Waals surface area contributed by atoms with Crippen LogP contribution in [-0.2, 0) is 11.3 Å². The number of nitrogens with zero attached hydrogens (tertiary/aromatic N) is 4. The van der Waals surface area contributed by atoms with Crippen molar-refractivity contribution in [1.29, 1.82) is 0 Å². The largest absolute Gasteiger partial charge is 0.367 e. The van der Waals surface area contributed by atoms with Crippen LogP contribution >= 0.6 is 0 Å². The highest BCUT2D eigenvalue weighted by atomic mass is 16.2. The van der Waals surface area contributed by atoms with Crippen LogP contribution in [0.1, 0.15) is 19.3 Å². The maximum atomic E-state index is 12.0. The van der Waals surface area contributed by atoms with Gasteiger partial charge in [-0.15, -0.1) is 5.10 Å². The first-order valence-electron chi connectivity index (χ1n) is 5.67. The van der Waals surface area contributed by atoms with Gasteiger partial charge < -0.3 is 10.6 Å². The summed E-state index contributed by atoms with van der Waals surface area (Å²) in [6.07, 6.45) is 5.13. The number of aromatic nitrogens is 3. The fourth-order valence-electron chi connectivity index (χ4n) is 2.84. The smallest absolute Gasteiger partial charge is 0.244 e. The minimum Gasteiger partial charge on any atom is -0.367 e. The Morgan fingerprint density at radius 1 is 1.56 bits per heavy atom. The van der Waals surface area contributed by atoms with Crippen molar-refractivity contribution < 1.29 is 4.79 Å². The van der Waals surface area contributed by atoms with E-state index in [-0.39, 0.29) is 18.4 Å². The molecule has 2 heterocycles. The van der Waals surface area contributed by atoms with Crippen LogP contribution in [0.15, 0.2) is 6.33 Å². The monoisotopic (exact) mass is 221 g/mol. The second-order valence-corrected chi connectivity index (χ2v) is 4.68. The van der Waals surface area contributed by atoms with Gasteiger partial charge >= 0.3 is 0 Å². The molecule has 2 bridgehead atoms. The van der Waals surface area contributed by atoms with Crippen molar-refractivity contribution in [2.24, 2.45) is 5.92 Å². The Hall–Kier alpha value is -1.59. The summed E-state index contributed by atoms with van der Waals surface area (Å²) in [6, 6.07) is 0.471. The van der Waals surface area contributed by atoms with E-state index in [0.717, 1.165) is 18.9 Å². The summed E-state index contributed by atoms with van der Waals surface area (Å²) in [6.45, 7) is 1.18. The van der Waals surface area contributed by atoms with E-state index in [9.17, 15) is 4.79 Å². The molecule has 1 aliphatic heterocycles. The zero-order chi connectivity index (χ0) is 11.1. The SMILES string of the molecule is Nc1ncn(CC(=O)N2CC3CCC2C3)n1. The minimum absolute atomic E-state index is 0.136. The first-order chi connectivity index (χ1) is 7.72. The number of amides is 1. The first-order valence-corrected chi connectivity index (χ1v) is 5.67. The second kappa shape index (κ2) is 3.47. The molecule has 1 aromatic rings. The van der Waals surface area contributed by atoms with Crippen LogP contribution < -0.4 is 5.73 Å². The molecule has 1 aromatic heterocycles. The van der Waals surface area contributed by atoms with Crippen molar-refractivity contribution in [3.05, 3.63) is 6.33 Å². The van der Waals surface area contributed by atoms with E-state index in [1.54, 1.807) is 0 Å². The van der Waals surface area contributed by atoms with E-state index in [4.69, 9.17) is 5.73 Å². The lowest BCUT2D eigenvalue weighted by Crippen LogP contribution is -2.39. The first kappa shape index (κ1) is 9.62. The maximum absolute atomic E-state index is 12.0. The molecule has 3 rings (SSSR count). The Kier molecular flexibility index (Phi) is 2.08. The minimum atomic E-state index is 0.136. The molecule has 2 fully saturated rings. The van der Waals surface area contributed by atoms with Crippen LogP contribution in [0.4, 0.5) is 5.95 Å². The second-order valence-electron chi connectivity index (χ2n) is 4.68. The summed E-state index contributed by atoms with van der Waals surface area (Å²) < 4.78 is 1.50. The molecular weight excluding hydrogens is 206 g/mol. The fourth-order valence-corrected chi connectivity index (χ4v) is 2.84. The Labute approximate surface area is 93.4 Å². The number of hydrogen-bond acceptors (Lipinski definition) is 4. The number of carbonyl (C=O) groups excluding carboxylic acids is 1. The zero-order valence-corrected chi connectivity index (χ0v) is 9.04. The van der Waals surface area contributed by atoms with Gasteiger partial charge in [0, 0.05) is 12.6 Å². The van der Waals surface area contributed by atoms with Crippen molar-refractivity contribution in [3.8, 4) is 0 Å². The molecule has 0 radical (unpaired) electrons. The fraction of sp³-hybridized carbons (Fsp3) is 0.700. The number of anilines is 1. The van der Waals surface area contributed by atoms with Gasteiger partial charge in [0.2, 0.25) is 11.9 Å². The van der Waals surface area contributed by atoms with E-state index >= 15 is 0 Å². The molecule has 1 aliphatic carbocycles. The van der Waals surface area contributed by atoms with Gasteiger partial charge in [-0.3, -0.25) is 4.79 Å². The predicted octanol–water partition coefficient (Wildman–Crippen LogP) is -0.129. The van der Waals surface area contributed by atoms with Crippen LogP contribution in [0.3, 0.4) is 0 Å². The van der Waals surface area contributed by atoms with Gasteiger partial charge in [0.25, 0.3) is 0 Å². The lowest BCUT2D eigenvalue weighted by Gasteiger charge is -2.26. The summed E-state index contributed by atoms with van der Waals surface area (Å²) in [5, 5.41) is 3.92. The highest BCUT2D eigenvalue weighted by molar-refractivity contribution is 5.76. The van der Waals surface area contributed by atoms with E-state index in [0.29, 0.717) is 6.04 Å². The molecule has 0 spiro atoms. The van der Waals surface area contributed by atoms with Crippen molar-refractivity contribution in [2.75, 3.05) is 12.3 Å². The number of hydrogen-bond donors (Lipinski definition) is 1. The highest BCUT2D eigenvalue weighted by Crippen LogP contribution is 2.37. The highest BCUT2D eigenvalue weighted by Gasteiger charge is 2.40. The number of likely N-dealkylation sites (tertiary alicyclic amines) is 1. The van der Waals surface area contributed by atoms with Crippen LogP contribution in [0.5, 0.6) is 0 Å². The Morgan fingerprint density at radius 2 is 2.44 bits per heavy atom. The van der Waals surface area contributed by atoms with Gasteiger partial charge in [0.05, 0.1) is 0 Å². The van der Waals surface area contributed by atoms with Crippen LogP contribution in [0, 0.1) is 5.92 Å². The predicted molar refractivity (Wildman–Crippen MR) is 57.3 cm³/mol. The van der Waals surface area contributed by atoms with Crippen molar-refractivity contribution in [1.82, 2.24) is 19.7 Å². The van der Waals surface area contributed by atoms with E-state index in [1.807, 2.05) is 4.90 Å². The topological polar surface area (TPSA) is 77.0 Å². The Balaban J connectivity index is 1.65. The van der Waals surface area contributed by atoms with Gasteiger partial charge in [-0.25, -0.2) is 9.67 Å². The van der Waals surface area contributed by atoms with Gasteiger partial charge in [0.15, 0.2) is 0 Å². The van der Waals surface area contributed by atoms with Crippen molar-refractivity contribution >= 4 is 11.9 Å². The normalized spacial score (nSPS) is 27.6. The van der Waals surface area contributed by atoms with Crippen LogP contribution in [-0.4, -0.2) is 38.2 Å². The number of piperidine rings is 1. The van der Waals surface area contributed by atoms with Gasteiger partial charge in [-0.05, 0) is 25.2 Å². The maximum Gasteiger partial charge on any atom is 0.244 e. The zero-order valence-electron chi connectivity index (χ0n) is 9.04.